The summed E-state index contributed by atoms with van der Waals surface area (Å²) in [5.41, 5.74) is 5.66. The van der Waals surface area contributed by atoms with Crippen molar-refractivity contribution in [1.29, 1.82) is 0 Å². The van der Waals surface area contributed by atoms with Crippen molar-refractivity contribution in [2.75, 3.05) is 18.9 Å². The van der Waals surface area contributed by atoms with Crippen LogP contribution in [0.1, 0.15) is 53.2 Å². The average molecular weight is 446 g/mol. The van der Waals surface area contributed by atoms with Crippen molar-refractivity contribution < 1.29 is 34.0 Å². The predicted molar refractivity (Wildman–Crippen MR) is 111 cm³/mol. The van der Waals surface area contributed by atoms with Crippen molar-refractivity contribution in [3.63, 3.8) is 0 Å². The van der Waals surface area contributed by atoms with Crippen molar-refractivity contribution in [3.05, 3.63) is 12.7 Å². The second kappa shape index (κ2) is 10.5. The van der Waals surface area contributed by atoms with Gasteiger partial charge in [-0.3, -0.25) is 9.13 Å². The number of ether oxygens (including phenoxy) is 1. The number of nitrogen functional groups attached to an aromatic ring is 1. The highest BCUT2D eigenvalue weighted by molar-refractivity contribution is 7.40. The van der Waals surface area contributed by atoms with Gasteiger partial charge in [-0.05, 0) is 19.8 Å². The smallest absolute Gasteiger partial charge is 0.289 e. The van der Waals surface area contributed by atoms with E-state index in [0.29, 0.717) is 17.6 Å². The second-order valence-corrected chi connectivity index (χ2v) is 9.42. The van der Waals surface area contributed by atoms with Crippen LogP contribution in [0.5, 0.6) is 0 Å². The van der Waals surface area contributed by atoms with Gasteiger partial charge in [0.05, 0.1) is 18.8 Å². The Bertz CT molecular complexity index is 865. The molecule has 170 valence electrons. The summed E-state index contributed by atoms with van der Waals surface area (Å²) in [4.78, 5) is 8.20. The van der Waals surface area contributed by atoms with Crippen LogP contribution in [0.4, 0.5) is 5.82 Å². The molecule has 0 aliphatic rings. The van der Waals surface area contributed by atoms with Crippen molar-refractivity contribution in [1.82, 2.24) is 14.5 Å². The van der Waals surface area contributed by atoms with E-state index in [1.165, 1.54) is 10.9 Å². The highest BCUT2D eigenvalue weighted by atomic mass is 31.1. The van der Waals surface area contributed by atoms with E-state index in [1.54, 1.807) is 0 Å². The lowest BCUT2D eigenvalue weighted by Gasteiger charge is -2.31. The number of fused-ring (bicyclic) bond motifs is 1. The molecule has 0 saturated heterocycles. The SMILES string of the molecule is CCC(C)[PH](=O)OC(C)(CC)CCO[C@@H]([C@H](O)CO)n1cnc2c(N)[n+](O)cnc21. The first-order valence-electron chi connectivity index (χ1n) is 10.0. The lowest BCUT2D eigenvalue weighted by atomic mass is 10.0. The summed E-state index contributed by atoms with van der Waals surface area (Å²) in [5, 5.41) is 29.4. The van der Waals surface area contributed by atoms with Gasteiger partial charge in [0.1, 0.15) is 12.4 Å². The maximum Gasteiger partial charge on any atom is 0.289 e. The summed E-state index contributed by atoms with van der Waals surface area (Å²) < 4.78 is 26.2. The highest BCUT2D eigenvalue weighted by Crippen LogP contribution is 2.39. The van der Waals surface area contributed by atoms with Crippen LogP contribution in [0.15, 0.2) is 12.7 Å². The molecule has 0 aromatic carbocycles. The quantitative estimate of drug-likeness (QED) is 0.214. The molecule has 0 aliphatic carbocycles. The van der Waals surface area contributed by atoms with Crippen LogP contribution in [0, 0.1) is 0 Å². The fourth-order valence-corrected chi connectivity index (χ4v) is 4.07. The summed E-state index contributed by atoms with van der Waals surface area (Å²) in [6.07, 6.45) is 2.08. The van der Waals surface area contributed by atoms with Gasteiger partial charge in [0.2, 0.25) is 11.2 Å². The van der Waals surface area contributed by atoms with Crippen molar-refractivity contribution >= 4 is 25.0 Å². The van der Waals surface area contributed by atoms with Gasteiger partial charge in [0.15, 0.2) is 14.3 Å². The lowest BCUT2D eigenvalue weighted by molar-refractivity contribution is -0.894. The van der Waals surface area contributed by atoms with Gasteiger partial charge < -0.3 is 30.4 Å². The van der Waals surface area contributed by atoms with Crippen LogP contribution in [-0.2, 0) is 13.8 Å². The molecule has 0 spiro atoms. The Morgan fingerprint density at radius 3 is 2.70 bits per heavy atom. The number of imidazole rings is 1. The Kier molecular flexibility index (Phi) is 8.57. The molecule has 2 rings (SSSR count). The van der Waals surface area contributed by atoms with E-state index < -0.39 is 32.6 Å². The van der Waals surface area contributed by atoms with Crippen LogP contribution >= 0.6 is 8.03 Å². The summed E-state index contributed by atoms with van der Waals surface area (Å²) >= 11 is 0. The number of aliphatic hydroxyl groups excluding tert-OH is 2. The number of rotatable bonds is 12. The molecule has 2 heterocycles. The predicted octanol–water partition coefficient (Wildman–Crippen LogP) is 1.26. The number of hydrogen-bond donors (Lipinski definition) is 4. The molecule has 0 radical (unpaired) electrons. The van der Waals surface area contributed by atoms with Crippen LogP contribution in [0.3, 0.4) is 0 Å². The first kappa shape index (κ1) is 24.5. The first-order valence-corrected chi connectivity index (χ1v) is 11.4. The van der Waals surface area contributed by atoms with Gasteiger partial charge in [-0.2, -0.15) is 0 Å². The molecule has 0 fully saturated rings. The maximum absolute atomic E-state index is 12.4. The molecule has 2 aromatic rings. The zero-order valence-corrected chi connectivity index (χ0v) is 18.9. The third-order valence-electron chi connectivity index (χ3n) is 5.37. The molecule has 30 heavy (non-hydrogen) atoms. The van der Waals surface area contributed by atoms with Gasteiger partial charge in [0, 0.05) is 12.1 Å². The van der Waals surface area contributed by atoms with E-state index in [1.807, 2.05) is 27.7 Å². The minimum atomic E-state index is -2.20. The lowest BCUT2D eigenvalue weighted by Crippen LogP contribution is -2.35. The Balaban J connectivity index is 2.16. The average Bonchev–Trinajstić information content (AvgIpc) is 3.17. The van der Waals surface area contributed by atoms with E-state index in [-0.39, 0.29) is 29.2 Å². The van der Waals surface area contributed by atoms with Gasteiger partial charge in [0.25, 0.3) is 12.1 Å². The number of hydrogen-bond acceptors (Lipinski definition) is 9. The largest absolute Gasteiger partial charge is 0.394 e. The monoisotopic (exact) mass is 446 g/mol. The Morgan fingerprint density at radius 1 is 1.40 bits per heavy atom. The summed E-state index contributed by atoms with van der Waals surface area (Å²) in [7, 11) is -2.20. The minimum absolute atomic E-state index is 0.00566. The summed E-state index contributed by atoms with van der Waals surface area (Å²) in [6, 6.07) is 0. The van der Waals surface area contributed by atoms with Crippen LogP contribution in [0.2, 0.25) is 0 Å². The van der Waals surface area contributed by atoms with E-state index in [2.05, 4.69) is 9.97 Å². The molecule has 5 N–H and O–H groups in total. The summed E-state index contributed by atoms with van der Waals surface area (Å²) in [5.74, 6) is -0.0156. The van der Waals surface area contributed by atoms with Crippen LogP contribution in [0.25, 0.3) is 11.2 Å². The fourth-order valence-electron chi connectivity index (χ4n) is 2.80. The topological polar surface area (TPSA) is 157 Å². The van der Waals surface area contributed by atoms with Gasteiger partial charge in [-0.25, -0.2) is 4.98 Å². The fraction of sp³-hybridized carbons (Fsp3) is 0.722. The molecule has 3 unspecified atom stereocenters. The molecule has 0 saturated carbocycles. The third-order valence-corrected chi connectivity index (χ3v) is 7.27. The zero-order chi connectivity index (χ0) is 22.5. The summed E-state index contributed by atoms with van der Waals surface area (Å²) in [6.45, 7) is 7.33. The standard InChI is InChI=1S/C18H32N5O6P/c1-5-12(3)30(27)29-18(4,6-2)7-8-28-17(13(25)9-24)22-10-20-14-15(19)23(26)11-21-16(14)22/h10-13,17,19,24-26,30H,5-9H2,1-4H3/p+1/t12?,13-,17+,18?/m1/s1. The van der Waals surface area contributed by atoms with E-state index in [4.69, 9.17) is 15.0 Å². The number of aliphatic hydroxyl groups is 2. The number of aromatic nitrogens is 4. The molecule has 5 atom stereocenters. The molecule has 12 heteroatoms. The van der Waals surface area contributed by atoms with Crippen LogP contribution < -0.4 is 10.5 Å². The number of nitrogens with zero attached hydrogens (tertiary/aromatic N) is 4. The second-order valence-electron chi connectivity index (χ2n) is 7.59. The van der Waals surface area contributed by atoms with Gasteiger partial charge in [-0.15, -0.1) is 0 Å². The van der Waals surface area contributed by atoms with E-state index >= 15 is 0 Å². The van der Waals surface area contributed by atoms with E-state index in [0.717, 1.165) is 12.7 Å². The molecule has 0 bridgehead atoms. The highest BCUT2D eigenvalue weighted by Gasteiger charge is 2.30. The maximum atomic E-state index is 12.4. The normalized spacial score (nSPS) is 18.1. The van der Waals surface area contributed by atoms with Gasteiger partial charge in [-0.1, -0.05) is 30.5 Å². The number of anilines is 1. The zero-order valence-electron chi connectivity index (χ0n) is 17.9. The molecular formula is C18H33N5O6P+. The Morgan fingerprint density at radius 2 is 2.10 bits per heavy atom. The Hall–Kier alpha value is -1.78. The Labute approximate surface area is 176 Å². The third kappa shape index (κ3) is 5.47. The molecule has 2 aromatic heterocycles. The number of nitrogens with two attached hydrogens (primary N) is 1. The van der Waals surface area contributed by atoms with Crippen molar-refractivity contribution in [3.8, 4) is 0 Å². The molecule has 0 aliphatic heterocycles. The van der Waals surface area contributed by atoms with Gasteiger partial charge >= 0.3 is 0 Å². The minimum Gasteiger partial charge on any atom is -0.394 e. The van der Waals surface area contributed by atoms with Crippen molar-refractivity contribution in [2.45, 2.75) is 70.5 Å². The molecular weight excluding hydrogens is 413 g/mol. The van der Waals surface area contributed by atoms with Crippen molar-refractivity contribution in [2.24, 2.45) is 0 Å². The first-order chi connectivity index (χ1) is 14.2. The molecule has 0 amide bonds. The molecule has 11 nitrogen and oxygen atoms in total. The van der Waals surface area contributed by atoms with Crippen LogP contribution in [-0.4, -0.2) is 60.5 Å². The van der Waals surface area contributed by atoms with E-state index in [9.17, 15) is 20.0 Å².